The summed E-state index contributed by atoms with van der Waals surface area (Å²) >= 11 is 11.7. The molecule has 4 nitrogen and oxygen atoms in total. The molecule has 0 aromatic heterocycles. The van der Waals surface area contributed by atoms with Crippen LogP contribution in [0.25, 0.3) is 0 Å². The van der Waals surface area contributed by atoms with Gasteiger partial charge in [0.1, 0.15) is 18.1 Å². The lowest BCUT2D eigenvalue weighted by Crippen LogP contribution is -2.39. The minimum Gasteiger partial charge on any atom is -0.492 e. The number of rotatable bonds is 8. The first-order valence-corrected chi connectivity index (χ1v) is 8.42. The maximum absolute atomic E-state index is 12.2. The lowest BCUT2D eigenvalue weighted by molar-refractivity contribution is -0.128. The summed E-state index contributed by atoms with van der Waals surface area (Å²) in [6.45, 7) is 2.64. The number of nitrogens with one attached hydrogen (secondary N) is 1. The van der Waals surface area contributed by atoms with Crippen LogP contribution in [-0.4, -0.2) is 25.2 Å². The largest absolute Gasteiger partial charge is 0.492 e. The summed E-state index contributed by atoms with van der Waals surface area (Å²) in [6.07, 6.45) is -0.0184. The zero-order chi connectivity index (χ0) is 17.4. The highest BCUT2D eigenvalue weighted by Crippen LogP contribution is 2.19. The number of halogens is 2. The first-order valence-electron chi connectivity index (χ1n) is 7.67. The van der Waals surface area contributed by atoms with E-state index in [1.54, 1.807) is 48.5 Å². The molecule has 2 rings (SSSR count). The van der Waals surface area contributed by atoms with E-state index in [4.69, 9.17) is 32.7 Å². The van der Waals surface area contributed by atoms with E-state index in [1.807, 2.05) is 6.92 Å². The van der Waals surface area contributed by atoms with E-state index in [2.05, 4.69) is 5.32 Å². The van der Waals surface area contributed by atoms with E-state index >= 15 is 0 Å². The topological polar surface area (TPSA) is 47.6 Å². The van der Waals surface area contributed by atoms with E-state index in [1.165, 1.54) is 0 Å². The van der Waals surface area contributed by atoms with Crippen molar-refractivity contribution in [3.8, 4) is 11.5 Å². The highest BCUT2D eigenvalue weighted by atomic mass is 35.5. The molecular formula is C18H19Cl2NO3. The SMILES string of the molecule is CCC(Oc1cccc(Cl)c1)C(=O)NCCOc1ccc(Cl)cc1. The van der Waals surface area contributed by atoms with Gasteiger partial charge in [0.2, 0.25) is 0 Å². The molecule has 2 aromatic rings. The zero-order valence-electron chi connectivity index (χ0n) is 13.3. The minimum absolute atomic E-state index is 0.183. The van der Waals surface area contributed by atoms with Crippen LogP contribution in [0, 0.1) is 0 Å². The third-order valence-electron chi connectivity index (χ3n) is 3.22. The van der Waals surface area contributed by atoms with Crippen molar-refractivity contribution in [3.63, 3.8) is 0 Å². The van der Waals surface area contributed by atoms with Gasteiger partial charge in [-0.1, -0.05) is 36.2 Å². The van der Waals surface area contributed by atoms with Gasteiger partial charge in [-0.3, -0.25) is 4.79 Å². The molecule has 128 valence electrons. The Kier molecular flexibility index (Phi) is 7.22. The van der Waals surface area contributed by atoms with E-state index in [-0.39, 0.29) is 5.91 Å². The van der Waals surface area contributed by atoms with Gasteiger partial charge in [0, 0.05) is 10.0 Å². The monoisotopic (exact) mass is 367 g/mol. The summed E-state index contributed by atoms with van der Waals surface area (Å²) in [5.41, 5.74) is 0. The van der Waals surface area contributed by atoms with Gasteiger partial charge in [0.05, 0.1) is 6.54 Å². The van der Waals surface area contributed by atoms with Crippen LogP contribution in [0.4, 0.5) is 0 Å². The second-order valence-electron chi connectivity index (χ2n) is 5.07. The summed E-state index contributed by atoms with van der Waals surface area (Å²) in [5.74, 6) is 1.09. The molecule has 0 radical (unpaired) electrons. The fourth-order valence-corrected chi connectivity index (χ4v) is 2.32. The summed E-state index contributed by atoms with van der Waals surface area (Å²) < 4.78 is 11.2. The Morgan fingerprint density at radius 3 is 2.50 bits per heavy atom. The smallest absolute Gasteiger partial charge is 0.261 e. The molecular weight excluding hydrogens is 349 g/mol. The van der Waals surface area contributed by atoms with Gasteiger partial charge in [-0.15, -0.1) is 0 Å². The van der Waals surface area contributed by atoms with Crippen molar-refractivity contribution in [1.29, 1.82) is 0 Å². The maximum atomic E-state index is 12.2. The van der Waals surface area contributed by atoms with E-state index in [0.29, 0.717) is 41.1 Å². The molecule has 0 aliphatic carbocycles. The van der Waals surface area contributed by atoms with Gasteiger partial charge in [-0.05, 0) is 48.9 Å². The minimum atomic E-state index is -0.570. The Labute approximate surface area is 151 Å². The number of hydrogen-bond acceptors (Lipinski definition) is 3. The third kappa shape index (κ3) is 5.95. The quantitative estimate of drug-likeness (QED) is 0.705. The highest BCUT2D eigenvalue weighted by molar-refractivity contribution is 6.30. The zero-order valence-corrected chi connectivity index (χ0v) is 14.8. The van der Waals surface area contributed by atoms with Crippen LogP contribution in [0.2, 0.25) is 10.0 Å². The first-order chi connectivity index (χ1) is 11.6. The Hall–Kier alpha value is -1.91. The van der Waals surface area contributed by atoms with Crippen molar-refractivity contribution in [1.82, 2.24) is 5.32 Å². The lowest BCUT2D eigenvalue weighted by Gasteiger charge is -2.17. The van der Waals surface area contributed by atoms with E-state index < -0.39 is 6.10 Å². The Morgan fingerprint density at radius 2 is 1.83 bits per heavy atom. The summed E-state index contributed by atoms with van der Waals surface area (Å²) in [7, 11) is 0. The van der Waals surface area contributed by atoms with Crippen LogP contribution < -0.4 is 14.8 Å². The summed E-state index contributed by atoms with van der Waals surface area (Å²) in [6, 6.07) is 14.0. The normalized spacial score (nSPS) is 11.6. The van der Waals surface area contributed by atoms with Crippen molar-refractivity contribution in [2.75, 3.05) is 13.2 Å². The number of carbonyl (C=O) groups excluding carboxylic acids is 1. The second-order valence-corrected chi connectivity index (χ2v) is 5.94. The molecule has 24 heavy (non-hydrogen) atoms. The maximum Gasteiger partial charge on any atom is 0.261 e. The predicted octanol–water partition coefficient (Wildman–Crippen LogP) is 4.35. The molecule has 0 heterocycles. The number of benzene rings is 2. The van der Waals surface area contributed by atoms with Gasteiger partial charge < -0.3 is 14.8 Å². The number of carbonyl (C=O) groups is 1. The van der Waals surface area contributed by atoms with Gasteiger partial charge in [0.15, 0.2) is 6.10 Å². The van der Waals surface area contributed by atoms with Crippen molar-refractivity contribution < 1.29 is 14.3 Å². The molecule has 1 unspecified atom stereocenters. The molecule has 2 aromatic carbocycles. The molecule has 0 spiro atoms. The van der Waals surface area contributed by atoms with Crippen LogP contribution in [0.3, 0.4) is 0 Å². The molecule has 1 atom stereocenters. The highest BCUT2D eigenvalue weighted by Gasteiger charge is 2.17. The van der Waals surface area contributed by atoms with Crippen LogP contribution >= 0.6 is 23.2 Å². The fourth-order valence-electron chi connectivity index (χ4n) is 2.01. The van der Waals surface area contributed by atoms with Crippen molar-refractivity contribution in [3.05, 3.63) is 58.6 Å². The van der Waals surface area contributed by atoms with Gasteiger partial charge >= 0.3 is 0 Å². The molecule has 0 saturated heterocycles. The van der Waals surface area contributed by atoms with Crippen molar-refractivity contribution in [2.45, 2.75) is 19.4 Å². The number of ether oxygens (including phenoxy) is 2. The molecule has 0 saturated carbocycles. The van der Waals surface area contributed by atoms with E-state index in [9.17, 15) is 4.79 Å². The van der Waals surface area contributed by atoms with Crippen molar-refractivity contribution >= 4 is 29.1 Å². The average Bonchev–Trinajstić information content (AvgIpc) is 2.58. The number of amides is 1. The molecule has 0 bridgehead atoms. The van der Waals surface area contributed by atoms with Gasteiger partial charge in [-0.25, -0.2) is 0 Å². The molecule has 1 N–H and O–H groups in total. The second kappa shape index (κ2) is 9.40. The Morgan fingerprint density at radius 1 is 1.08 bits per heavy atom. The Bertz CT molecular complexity index is 662. The standard InChI is InChI=1S/C18H19Cl2NO3/c1-2-17(24-16-5-3-4-14(20)12-16)18(22)21-10-11-23-15-8-6-13(19)7-9-15/h3-9,12,17H,2,10-11H2,1H3,(H,21,22). The average molecular weight is 368 g/mol. The van der Waals surface area contributed by atoms with Crippen LogP contribution in [0.1, 0.15) is 13.3 Å². The summed E-state index contributed by atoms with van der Waals surface area (Å²) in [5, 5.41) is 4.02. The van der Waals surface area contributed by atoms with Gasteiger partial charge in [-0.2, -0.15) is 0 Å². The Balaban J connectivity index is 1.76. The van der Waals surface area contributed by atoms with Crippen molar-refractivity contribution in [2.24, 2.45) is 0 Å². The lowest BCUT2D eigenvalue weighted by atomic mass is 10.2. The fraction of sp³-hybridized carbons (Fsp3) is 0.278. The summed E-state index contributed by atoms with van der Waals surface area (Å²) in [4.78, 5) is 12.2. The van der Waals surface area contributed by atoms with Crippen LogP contribution in [-0.2, 0) is 4.79 Å². The number of hydrogen-bond donors (Lipinski definition) is 1. The molecule has 0 aliphatic heterocycles. The molecule has 1 amide bonds. The van der Waals surface area contributed by atoms with E-state index in [0.717, 1.165) is 0 Å². The molecule has 0 aliphatic rings. The predicted molar refractivity (Wildman–Crippen MR) is 96.1 cm³/mol. The van der Waals surface area contributed by atoms with Crippen LogP contribution in [0.15, 0.2) is 48.5 Å². The molecule has 6 heteroatoms. The third-order valence-corrected chi connectivity index (χ3v) is 3.71. The molecule has 0 fully saturated rings. The van der Waals surface area contributed by atoms with Crippen LogP contribution in [0.5, 0.6) is 11.5 Å². The first kappa shape index (κ1) is 18.4. The van der Waals surface area contributed by atoms with Gasteiger partial charge in [0.25, 0.3) is 5.91 Å².